The highest BCUT2D eigenvalue weighted by Gasteiger charge is 2.21. The van der Waals surface area contributed by atoms with Gasteiger partial charge in [0.1, 0.15) is 0 Å². The summed E-state index contributed by atoms with van der Waals surface area (Å²) in [6.07, 6.45) is 6.10. The smallest absolute Gasteiger partial charge is 0.338 e. The summed E-state index contributed by atoms with van der Waals surface area (Å²) >= 11 is 0. The van der Waals surface area contributed by atoms with Gasteiger partial charge in [0.15, 0.2) is 17.2 Å². The molecule has 0 aliphatic carbocycles. The minimum Gasteiger partial charge on any atom is -0.462 e. The van der Waals surface area contributed by atoms with Crippen LogP contribution in [0, 0.1) is 0 Å². The molecule has 0 atom stereocenters. The average Bonchev–Trinajstić information content (AvgIpc) is 2.90. The van der Waals surface area contributed by atoms with E-state index < -0.39 is 35.1 Å². The van der Waals surface area contributed by atoms with Gasteiger partial charge in [-0.3, -0.25) is 19.2 Å². The van der Waals surface area contributed by atoms with Crippen LogP contribution in [0.4, 0.5) is 0 Å². The lowest BCUT2D eigenvalue weighted by molar-refractivity contribution is -0.134. The van der Waals surface area contributed by atoms with Crippen molar-refractivity contribution >= 4 is 34.6 Å². The summed E-state index contributed by atoms with van der Waals surface area (Å²) in [7, 11) is 0. The van der Waals surface area contributed by atoms with Crippen molar-refractivity contribution in [2.24, 2.45) is 0 Å². The molecule has 0 bridgehead atoms. The largest absolute Gasteiger partial charge is 0.462 e. The third-order valence-electron chi connectivity index (χ3n) is 4.92. The number of fused-ring (bicyclic) bond motifs is 1. The monoisotopic (exact) mass is 486 g/mol. The van der Waals surface area contributed by atoms with Crippen LogP contribution in [0.25, 0.3) is 10.8 Å². The molecule has 0 saturated heterocycles. The molecule has 0 unspecified atom stereocenters. The van der Waals surface area contributed by atoms with E-state index in [2.05, 4.69) is 6.92 Å². The molecule has 0 aliphatic rings. The molecule has 0 saturated carbocycles. The fourth-order valence-electron chi connectivity index (χ4n) is 3.43. The predicted molar refractivity (Wildman–Crippen MR) is 128 cm³/mol. The first-order chi connectivity index (χ1) is 16.6. The Bertz CT molecular complexity index is 1170. The van der Waals surface area contributed by atoms with Crippen LogP contribution in [0.3, 0.4) is 0 Å². The summed E-state index contributed by atoms with van der Waals surface area (Å²) in [6.45, 7) is 5.69. The average molecular weight is 487 g/mol. The summed E-state index contributed by atoms with van der Waals surface area (Å²) in [5.74, 6) is -3.95. The third kappa shape index (κ3) is 8.20. The molecule has 35 heavy (non-hydrogen) atoms. The van der Waals surface area contributed by atoms with E-state index in [1.165, 1.54) is 24.6 Å². The Morgan fingerprint density at radius 2 is 1.34 bits per heavy atom. The molecule has 188 valence electrons. The topological polar surface area (TPSA) is 122 Å². The Balaban J connectivity index is 2.53. The van der Waals surface area contributed by atoms with Crippen molar-refractivity contribution in [1.82, 2.24) is 0 Å². The maximum Gasteiger partial charge on any atom is 0.338 e. The van der Waals surface area contributed by atoms with Crippen molar-refractivity contribution in [1.29, 1.82) is 0 Å². The second-order valence-corrected chi connectivity index (χ2v) is 7.98. The highest BCUT2D eigenvalue weighted by atomic mass is 16.6. The minimum atomic E-state index is -0.838. The first kappa shape index (κ1) is 27.5. The summed E-state index contributed by atoms with van der Waals surface area (Å²) in [6, 6.07) is 5.22. The van der Waals surface area contributed by atoms with Crippen LogP contribution >= 0.6 is 0 Å². The number of esters is 4. The van der Waals surface area contributed by atoms with Gasteiger partial charge in [0.05, 0.1) is 17.6 Å². The van der Waals surface area contributed by atoms with Crippen molar-refractivity contribution in [3.8, 4) is 17.2 Å². The molecule has 0 aliphatic heterocycles. The number of rotatable bonds is 11. The van der Waals surface area contributed by atoms with Gasteiger partial charge in [0.2, 0.25) is 5.43 Å². The zero-order chi connectivity index (χ0) is 26.0. The summed E-state index contributed by atoms with van der Waals surface area (Å²) in [4.78, 5) is 61.0. The Labute approximate surface area is 203 Å². The van der Waals surface area contributed by atoms with Gasteiger partial charge in [-0.1, -0.05) is 45.1 Å². The summed E-state index contributed by atoms with van der Waals surface area (Å²) < 4.78 is 20.7. The van der Waals surface area contributed by atoms with Crippen molar-refractivity contribution < 1.29 is 38.1 Å². The van der Waals surface area contributed by atoms with E-state index in [0.29, 0.717) is 6.42 Å². The van der Waals surface area contributed by atoms with E-state index in [1.54, 1.807) is 0 Å². The molecule has 0 fully saturated rings. The first-order valence-corrected chi connectivity index (χ1v) is 11.5. The number of benzene rings is 1. The maximum absolute atomic E-state index is 13.3. The van der Waals surface area contributed by atoms with Crippen LogP contribution in [-0.2, 0) is 19.1 Å². The molecular weight excluding hydrogens is 456 g/mol. The van der Waals surface area contributed by atoms with Gasteiger partial charge in [0, 0.05) is 20.8 Å². The molecule has 9 heteroatoms. The lowest BCUT2D eigenvalue weighted by Crippen LogP contribution is -2.13. The Hall–Kier alpha value is -3.75. The first-order valence-electron chi connectivity index (χ1n) is 11.5. The normalized spacial score (nSPS) is 10.5. The van der Waals surface area contributed by atoms with Gasteiger partial charge >= 0.3 is 23.9 Å². The van der Waals surface area contributed by atoms with E-state index >= 15 is 0 Å². The van der Waals surface area contributed by atoms with Crippen LogP contribution in [0.1, 0.15) is 76.6 Å². The van der Waals surface area contributed by atoms with E-state index in [0.717, 1.165) is 52.5 Å². The van der Waals surface area contributed by atoms with Gasteiger partial charge in [-0.2, -0.15) is 0 Å². The Morgan fingerprint density at radius 1 is 0.743 bits per heavy atom. The second-order valence-electron chi connectivity index (χ2n) is 7.98. The number of unbranched alkanes of at least 4 members (excludes halogenated alkanes) is 5. The maximum atomic E-state index is 13.3. The van der Waals surface area contributed by atoms with Gasteiger partial charge in [-0.05, 0) is 30.0 Å². The highest BCUT2D eigenvalue weighted by molar-refractivity contribution is 5.99. The van der Waals surface area contributed by atoms with Crippen LogP contribution in [0.5, 0.6) is 17.2 Å². The quantitative estimate of drug-likeness (QED) is 0.257. The molecule has 2 aromatic rings. The molecule has 0 N–H and O–H groups in total. The third-order valence-corrected chi connectivity index (χ3v) is 4.92. The molecule has 0 amide bonds. The summed E-state index contributed by atoms with van der Waals surface area (Å²) in [5, 5.41) is -0.0164. The molecule has 0 aromatic heterocycles. The van der Waals surface area contributed by atoms with Gasteiger partial charge in [-0.15, -0.1) is 0 Å². The number of hydrogen-bond donors (Lipinski definition) is 0. The van der Waals surface area contributed by atoms with Crippen LogP contribution in [0.2, 0.25) is 0 Å². The Kier molecular flexibility index (Phi) is 10.4. The van der Waals surface area contributed by atoms with Crippen LogP contribution in [-0.4, -0.2) is 30.5 Å². The predicted octanol–water partition coefficient (Wildman–Crippen LogP) is 4.49. The summed E-state index contributed by atoms with van der Waals surface area (Å²) in [5.41, 5.74) is -0.872. The molecular formula is C26H30O9. The number of carbonyl (C=O) groups is 4. The highest BCUT2D eigenvalue weighted by Crippen LogP contribution is 2.35. The van der Waals surface area contributed by atoms with Crippen molar-refractivity contribution in [3.05, 3.63) is 40.1 Å². The van der Waals surface area contributed by atoms with E-state index in [4.69, 9.17) is 18.9 Å². The number of hydrogen-bond acceptors (Lipinski definition) is 9. The van der Waals surface area contributed by atoms with Crippen molar-refractivity contribution in [2.45, 2.75) is 66.2 Å². The fourth-order valence-corrected chi connectivity index (χ4v) is 3.43. The van der Waals surface area contributed by atoms with Crippen LogP contribution in [0.15, 0.2) is 29.1 Å². The van der Waals surface area contributed by atoms with Gasteiger partial charge in [-0.25, -0.2) is 4.79 Å². The molecule has 0 heterocycles. The number of ether oxygens (including phenoxy) is 4. The minimum absolute atomic E-state index is 0.0339. The molecule has 0 spiro atoms. The lowest BCUT2D eigenvalue weighted by atomic mass is 10.1. The number of carbonyl (C=O) groups excluding carboxylic acids is 4. The molecule has 0 radical (unpaired) electrons. The zero-order valence-corrected chi connectivity index (χ0v) is 20.4. The second kappa shape index (κ2) is 13.2. The van der Waals surface area contributed by atoms with E-state index in [-0.39, 0.29) is 34.4 Å². The zero-order valence-electron chi connectivity index (χ0n) is 20.4. The Morgan fingerprint density at radius 3 is 1.97 bits per heavy atom. The van der Waals surface area contributed by atoms with Crippen molar-refractivity contribution in [2.75, 3.05) is 6.61 Å². The van der Waals surface area contributed by atoms with Crippen molar-refractivity contribution in [3.63, 3.8) is 0 Å². The standard InChI is InChI=1S/C26H30O9/c1-5-6-7-8-9-10-13-32-26(31)20-14-19-11-12-21(33-16(2)27)25(35-18(4)29)23(19)24(30)22(15-20)34-17(3)28/h11-12,14-15H,5-10,13H2,1-4H3. The van der Waals surface area contributed by atoms with Gasteiger partial charge in [0.25, 0.3) is 0 Å². The van der Waals surface area contributed by atoms with E-state index in [1.807, 2.05) is 0 Å². The van der Waals surface area contributed by atoms with Gasteiger partial charge < -0.3 is 18.9 Å². The molecule has 2 aromatic carbocycles. The molecule has 2 rings (SSSR count). The lowest BCUT2D eigenvalue weighted by Gasteiger charge is -2.10. The fraction of sp³-hybridized carbons (Fsp3) is 0.423. The molecule has 9 nitrogen and oxygen atoms in total. The van der Waals surface area contributed by atoms with Crippen LogP contribution < -0.4 is 19.6 Å². The van der Waals surface area contributed by atoms with E-state index in [9.17, 15) is 24.0 Å². The SMILES string of the molecule is CCCCCCCCOC(=O)c1cc(OC(C)=O)c(=O)c2c(OC(C)=O)c(OC(C)=O)ccc2c1.